The number of rotatable bonds is 6. The second-order valence-corrected chi connectivity index (χ2v) is 6.38. The summed E-state index contributed by atoms with van der Waals surface area (Å²) in [6.07, 6.45) is 3.61. The lowest BCUT2D eigenvalue weighted by Gasteiger charge is -2.32. The summed E-state index contributed by atoms with van der Waals surface area (Å²) in [4.78, 5) is 14.6. The summed E-state index contributed by atoms with van der Waals surface area (Å²) in [5, 5.41) is 9.80. The van der Waals surface area contributed by atoms with Gasteiger partial charge in [0.05, 0.1) is 10.0 Å². The largest absolute Gasteiger partial charge is 0.396 e. The maximum absolute atomic E-state index is 12.3. The maximum atomic E-state index is 12.3. The van der Waals surface area contributed by atoms with E-state index in [2.05, 4.69) is 4.90 Å². The van der Waals surface area contributed by atoms with E-state index in [0.29, 0.717) is 27.9 Å². The fraction of sp³-hybridized carbons (Fsp3) is 0.562. The minimum absolute atomic E-state index is 0.0341. The monoisotopic (exact) mass is 329 g/mol. The zero-order valence-electron chi connectivity index (χ0n) is 12.0. The Morgan fingerprint density at radius 3 is 2.95 bits per heavy atom. The molecule has 1 aromatic carbocycles. The van der Waals surface area contributed by atoms with Crippen LogP contribution in [0.3, 0.4) is 0 Å². The van der Waals surface area contributed by atoms with E-state index in [1.807, 2.05) is 0 Å². The molecule has 116 valence electrons. The van der Waals surface area contributed by atoms with Gasteiger partial charge in [0, 0.05) is 31.7 Å². The fourth-order valence-corrected chi connectivity index (χ4v) is 3.29. The quantitative estimate of drug-likeness (QED) is 0.809. The van der Waals surface area contributed by atoms with E-state index in [9.17, 15) is 4.79 Å². The fourth-order valence-electron chi connectivity index (χ4n) is 2.89. The van der Waals surface area contributed by atoms with E-state index in [1.54, 1.807) is 18.2 Å². The van der Waals surface area contributed by atoms with Crippen LogP contribution in [0.5, 0.6) is 0 Å². The molecule has 0 aliphatic carbocycles. The molecule has 0 spiro atoms. The summed E-state index contributed by atoms with van der Waals surface area (Å²) in [6, 6.07) is 5.16. The number of Topliss-reactive ketones (excluding diaryl/α,β-unsaturated/α-hetero) is 1. The van der Waals surface area contributed by atoms with Crippen molar-refractivity contribution in [2.45, 2.75) is 25.7 Å². The van der Waals surface area contributed by atoms with Gasteiger partial charge in [0.2, 0.25) is 0 Å². The molecule has 1 aromatic rings. The van der Waals surface area contributed by atoms with Crippen molar-refractivity contribution in [1.82, 2.24) is 4.90 Å². The summed E-state index contributed by atoms with van der Waals surface area (Å²) >= 11 is 12.0. The number of hydrogen-bond donors (Lipinski definition) is 1. The van der Waals surface area contributed by atoms with Crippen molar-refractivity contribution in [3.8, 4) is 0 Å². The Balaban J connectivity index is 1.87. The highest BCUT2D eigenvalue weighted by atomic mass is 35.5. The van der Waals surface area contributed by atoms with Crippen LogP contribution in [0.15, 0.2) is 18.2 Å². The van der Waals surface area contributed by atoms with Gasteiger partial charge in [-0.25, -0.2) is 0 Å². The van der Waals surface area contributed by atoms with Crippen LogP contribution < -0.4 is 0 Å². The third kappa shape index (κ3) is 4.68. The van der Waals surface area contributed by atoms with Crippen LogP contribution in [0, 0.1) is 5.92 Å². The third-order valence-corrected chi connectivity index (χ3v) is 4.87. The number of halogens is 2. The molecule has 3 nitrogen and oxygen atoms in total. The Hall–Kier alpha value is -0.610. The lowest BCUT2D eigenvalue weighted by molar-refractivity contribution is 0.0938. The molecule has 1 saturated heterocycles. The Kier molecular flexibility index (Phi) is 6.49. The molecule has 1 unspecified atom stereocenters. The third-order valence-electron chi connectivity index (χ3n) is 4.05. The molecule has 1 aliphatic rings. The number of benzene rings is 1. The first-order valence-corrected chi connectivity index (χ1v) is 8.18. The summed E-state index contributed by atoms with van der Waals surface area (Å²) < 4.78 is 0. The van der Waals surface area contributed by atoms with E-state index >= 15 is 0 Å². The molecule has 1 fully saturated rings. The number of nitrogens with zero attached hydrogens (tertiary/aromatic N) is 1. The molecule has 0 saturated carbocycles. The van der Waals surface area contributed by atoms with Gasteiger partial charge in [-0.2, -0.15) is 0 Å². The van der Waals surface area contributed by atoms with Gasteiger partial charge in [0.25, 0.3) is 0 Å². The summed E-state index contributed by atoms with van der Waals surface area (Å²) in [6.45, 7) is 2.98. The molecule has 0 bridgehead atoms. The first-order valence-electron chi connectivity index (χ1n) is 7.42. The van der Waals surface area contributed by atoms with E-state index in [1.165, 1.54) is 6.42 Å². The molecule has 1 N–H and O–H groups in total. The average molecular weight is 330 g/mol. The number of hydrogen-bond acceptors (Lipinski definition) is 3. The Morgan fingerprint density at radius 2 is 2.19 bits per heavy atom. The van der Waals surface area contributed by atoms with Crippen LogP contribution in [0.2, 0.25) is 10.0 Å². The summed E-state index contributed by atoms with van der Waals surface area (Å²) in [5.74, 6) is 0.584. The Bertz CT molecular complexity index is 491. The van der Waals surface area contributed by atoms with Crippen LogP contribution >= 0.6 is 23.2 Å². The predicted molar refractivity (Wildman–Crippen MR) is 86.3 cm³/mol. The number of piperidine rings is 1. The van der Waals surface area contributed by atoms with Crippen molar-refractivity contribution in [2.24, 2.45) is 5.92 Å². The number of carbonyl (C=O) groups is 1. The van der Waals surface area contributed by atoms with E-state index < -0.39 is 0 Å². The molecule has 0 radical (unpaired) electrons. The van der Waals surface area contributed by atoms with Gasteiger partial charge in [-0.15, -0.1) is 0 Å². The Morgan fingerprint density at radius 1 is 1.38 bits per heavy atom. The maximum Gasteiger partial charge on any atom is 0.165 e. The van der Waals surface area contributed by atoms with E-state index in [0.717, 1.165) is 32.5 Å². The van der Waals surface area contributed by atoms with Crippen molar-refractivity contribution < 1.29 is 9.90 Å². The molecular weight excluding hydrogens is 309 g/mol. The van der Waals surface area contributed by atoms with Gasteiger partial charge in [-0.05, 0) is 43.9 Å². The van der Waals surface area contributed by atoms with E-state index in [-0.39, 0.29) is 12.4 Å². The minimum atomic E-state index is 0.0341. The molecular formula is C16H21Cl2NO2. The van der Waals surface area contributed by atoms with Crippen LogP contribution in [0.1, 0.15) is 36.0 Å². The van der Waals surface area contributed by atoms with Crippen molar-refractivity contribution in [3.05, 3.63) is 33.8 Å². The highest BCUT2D eigenvalue weighted by Gasteiger charge is 2.20. The molecule has 21 heavy (non-hydrogen) atoms. The lowest BCUT2D eigenvalue weighted by atomic mass is 9.95. The highest BCUT2D eigenvalue weighted by Crippen LogP contribution is 2.26. The van der Waals surface area contributed by atoms with Crippen LogP contribution in [-0.2, 0) is 0 Å². The normalized spacial score (nSPS) is 19.7. The van der Waals surface area contributed by atoms with Gasteiger partial charge < -0.3 is 10.0 Å². The van der Waals surface area contributed by atoms with Crippen molar-refractivity contribution in [2.75, 3.05) is 26.2 Å². The van der Waals surface area contributed by atoms with Crippen molar-refractivity contribution in [3.63, 3.8) is 0 Å². The zero-order chi connectivity index (χ0) is 15.2. The molecule has 0 amide bonds. The van der Waals surface area contributed by atoms with Crippen LogP contribution in [0.25, 0.3) is 0 Å². The van der Waals surface area contributed by atoms with Crippen molar-refractivity contribution in [1.29, 1.82) is 0 Å². The van der Waals surface area contributed by atoms with Gasteiger partial charge >= 0.3 is 0 Å². The zero-order valence-corrected chi connectivity index (χ0v) is 13.5. The van der Waals surface area contributed by atoms with Crippen LogP contribution in [0.4, 0.5) is 0 Å². The summed E-state index contributed by atoms with van der Waals surface area (Å²) in [7, 11) is 0. The molecule has 1 atom stereocenters. The van der Waals surface area contributed by atoms with Crippen molar-refractivity contribution >= 4 is 29.0 Å². The first-order chi connectivity index (χ1) is 10.1. The SMILES string of the molecule is O=C(CCN1CCCC(CCO)C1)c1cccc(Cl)c1Cl. The topological polar surface area (TPSA) is 40.5 Å². The van der Waals surface area contributed by atoms with E-state index in [4.69, 9.17) is 28.3 Å². The van der Waals surface area contributed by atoms with Gasteiger partial charge in [-0.1, -0.05) is 29.3 Å². The lowest BCUT2D eigenvalue weighted by Crippen LogP contribution is -2.37. The Labute approximate surface area is 135 Å². The first kappa shape index (κ1) is 16.8. The molecule has 1 heterocycles. The number of likely N-dealkylation sites (tertiary alicyclic amines) is 1. The second kappa shape index (κ2) is 8.14. The van der Waals surface area contributed by atoms with Crippen LogP contribution in [-0.4, -0.2) is 42.0 Å². The molecule has 5 heteroatoms. The number of aliphatic hydroxyl groups is 1. The second-order valence-electron chi connectivity index (χ2n) is 5.60. The smallest absolute Gasteiger partial charge is 0.165 e. The molecule has 2 rings (SSSR count). The van der Waals surface area contributed by atoms with Gasteiger partial charge in [0.15, 0.2) is 5.78 Å². The average Bonchev–Trinajstić information content (AvgIpc) is 2.48. The summed E-state index contributed by atoms with van der Waals surface area (Å²) in [5.41, 5.74) is 0.507. The standard InChI is InChI=1S/C16H21Cl2NO2/c17-14-5-1-4-13(16(14)18)15(21)6-9-19-8-2-3-12(11-19)7-10-20/h1,4-5,12,20H,2-3,6-11H2. The van der Waals surface area contributed by atoms with Gasteiger partial charge in [0.1, 0.15) is 0 Å². The van der Waals surface area contributed by atoms with Gasteiger partial charge in [-0.3, -0.25) is 4.79 Å². The number of ketones is 1. The molecule has 1 aliphatic heterocycles. The number of aliphatic hydroxyl groups excluding tert-OH is 1. The minimum Gasteiger partial charge on any atom is -0.396 e. The predicted octanol–water partition coefficient (Wildman–Crippen LogP) is 3.66. The molecule has 0 aromatic heterocycles. The number of carbonyl (C=O) groups excluding carboxylic acids is 1. The highest BCUT2D eigenvalue weighted by molar-refractivity contribution is 6.43.